The van der Waals surface area contributed by atoms with Gasteiger partial charge in [0.25, 0.3) is 0 Å². The summed E-state index contributed by atoms with van der Waals surface area (Å²) in [6.07, 6.45) is 1.96. The molecule has 13 rings (SSSR count). The molecule has 0 fully saturated rings. The molecular formula is C56H34N2. The zero-order valence-electron chi connectivity index (χ0n) is 31.5. The zero-order valence-corrected chi connectivity index (χ0v) is 31.5. The minimum Gasteiger partial charge on any atom is -0.309 e. The van der Waals surface area contributed by atoms with E-state index in [4.69, 9.17) is 4.98 Å². The standard InChI is InChI=1S/C56H34N2/c1-3-16-35(17-4-1)53-40-22-7-9-24-42(40)54(43-25-10-8-23-41(43)53)36-29-30-44-49(32-36)56(48-27-15-31-57-55(44)48)47-26-13-11-20-38(47)45-33-46-39-21-12-14-28-51(39)58(52(46)34-50(45)56)37-18-5-2-6-19-37/h1-34H. The van der Waals surface area contributed by atoms with Gasteiger partial charge in [0.1, 0.15) is 0 Å². The number of benzene rings is 9. The minimum atomic E-state index is -0.567. The highest BCUT2D eigenvalue weighted by Gasteiger charge is 2.52. The molecule has 0 N–H and O–H groups in total. The van der Waals surface area contributed by atoms with Crippen LogP contribution in [0.1, 0.15) is 22.3 Å². The van der Waals surface area contributed by atoms with Crippen LogP contribution in [0, 0.1) is 0 Å². The highest BCUT2D eigenvalue weighted by atomic mass is 15.0. The average Bonchev–Trinajstić information content (AvgIpc) is 3.89. The molecule has 2 aliphatic rings. The summed E-state index contributed by atoms with van der Waals surface area (Å²) in [6, 6.07) is 74.2. The first kappa shape index (κ1) is 31.6. The van der Waals surface area contributed by atoms with E-state index in [9.17, 15) is 0 Å². The van der Waals surface area contributed by atoms with Gasteiger partial charge in [-0.05, 0) is 120 Å². The Labute approximate surface area is 335 Å². The summed E-state index contributed by atoms with van der Waals surface area (Å²) in [4.78, 5) is 5.17. The third kappa shape index (κ3) is 4.03. The van der Waals surface area contributed by atoms with Crippen LogP contribution in [-0.2, 0) is 5.41 Å². The van der Waals surface area contributed by atoms with Crippen LogP contribution in [0.5, 0.6) is 0 Å². The van der Waals surface area contributed by atoms with E-state index in [2.05, 4.69) is 205 Å². The Morgan fingerprint density at radius 3 is 1.67 bits per heavy atom. The number of pyridine rings is 1. The van der Waals surface area contributed by atoms with Crippen LogP contribution in [0.25, 0.3) is 93.7 Å². The van der Waals surface area contributed by atoms with E-state index in [0.29, 0.717) is 0 Å². The van der Waals surface area contributed by atoms with Gasteiger partial charge in [-0.3, -0.25) is 4.98 Å². The molecule has 268 valence electrons. The van der Waals surface area contributed by atoms with Crippen molar-refractivity contribution in [1.82, 2.24) is 9.55 Å². The monoisotopic (exact) mass is 734 g/mol. The van der Waals surface area contributed by atoms with E-state index in [1.54, 1.807) is 0 Å². The molecule has 2 aliphatic carbocycles. The zero-order chi connectivity index (χ0) is 38.0. The number of para-hydroxylation sites is 2. The first-order chi connectivity index (χ1) is 28.8. The lowest BCUT2D eigenvalue weighted by Crippen LogP contribution is -2.26. The van der Waals surface area contributed by atoms with Crippen molar-refractivity contribution in [3.05, 3.63) is 229 Å². The van der Waals surface area contributed by atoms with Crippen molar-refractivity contribution in [1.29, 1.82) is 0 Å². The van der Waals surface area contributed by atoms with Gasteiger partial charge in [-0.25, -0.2) is 0 Å². The van der Waals surface area contributed by atoms with E-state index < -0.39 is 5.41 Å². The maximum Gasteiger partial charge on any atom is 0.0753 e. The van der Waals surface area contributed by atoms with E-state index in [1.165, 1.54) is 105 Å². The Balaban J connectivity index is 1.15. The SMILES string of the molecule is c1ccc(-c2c3ccccc3c(-c3ccc4c(c3)C3(c5ccccc5-c5cc6c7ccccc7n(-c7ccccc7)c6cc53)c3cccnc3-4)c3ccccc23)cc1. The largest absolute Gasteiger partial charge is 0.309 e. The van der Waals surface area contributed by atoms with Gasteiger partial charge in [-0.2, -0.15) is 0 Å². The maximum atomic E-state index is 5.17. The molecule has 2 nitrogen and oxygen atoms in total. The molecule has 0 amide bonds. The molecule has 0 radical (unpaired) electrons. The summed E-state index contributed by atoms with van der Waals surface area (Å²) in [5.74, 6) is 0. The number of fused-ring (bicyclic) bond motifs is 15. The lowest BCUT2D eigenvalue weighted by atomic mass is 9.70. The van der Waals surface area contributed by atoms with Gasteiger partial charge >= 0.3 is 0 Å². The van der Waals surface area contributed by atoms with Crippen LogP contribution in [-0.4, -0.2) is 9.55 Å². The molecule has 2 heterocycles. The van der Waals surface area contributed by atoms with Crippen LogP contribution in [0.2, 0.25) is 0 Å². The van der Waals surface area contributed by atoms with Crippen LogP contribution in [0.4, 0.5) is 0 Å². The predicted octanol–water partition coefficient (Wildman–Crippen LogP) is 14.2. The van der Waals surface area contributed by atoms with E-state index in [-0.39, 0.29) is 0 Å². The van der Waals surface area contributed by atoms with Crippen LogP contribution in [0.15, 0.2) is 206 Å². The fraction of sp³-hybridized carbons (Fsp3) is 0.0179. The molecule has 1 spiro atoms. The third-order valence-corrected chi connectivity index (χ3v) is 13.0. The fourth-order valence-electron chi connectivity index (χ4n) is 10.8. The summed E-state index contributed by atoms with van der Waals surface area (Å²) in [7, 11) is 0. The van der Waals surface area contributed by atoms with Crippen molar-refractivity contribution in [2.75, 3.05) is 0 Å². The van der Waals surface area contributed by atoms with E-state index in [1.807, 2.05) is 6.20 Å². The molecule has 0 saturated heterocycles. The Kier molecular flexibility index (Phi) is 6.40. The second kappa shape index (κ2) is 11.7. The van der Waals surface area contributed by atoms with Crippen LogP contribution < -0.4 is 0 Å². The second-order valence-corrected chi connectivity index (χ2v) is 15.8. The molecule has 2 aromatic heterocycles. The molecule has 9 aromatic carbocycles. The summed E-state index contributed by atoms with van der Waals surface area (Å²) >= 11 is 0. The van der Waals surface area contributed by atoms with Crippen molar-refractivity contribution >= 4 is 43.4 Å². The molecular weight excluding hydrogens is 701 g/mol. The van der Waals surface area contributed by atoms with Gasteiger partial charge in [-0.15, -0.1) is 0 Å². The van der Waals surface area contributed by atoms with Crippen molar-refractivity contribution in [3.8, 4) is 50.3 Å². The Morgan fingerprint density at radius 1 is 0.345 bits per heavy atom. The van der Waals surface area contributed by atoms with Crippen LogP contribution in [0.3, 0.4) is 0 Å². The van der Waals surface area contributed by atoms with Crippen molar-refractivity contribution < 1.29 is 0 Å². The van der Waals surface area contributed by atoms with Crippen molar-refractivity contribution in [2.45, 2.75) is 5.41 Å². The van der Waals surface area contributed by atoms with E-state index >= 15 is 0 Å². The number of hydrogen-bond donors (Lipinski definition) is 0. The first-order valence-corrected chi connectivity index (χ1v) is 20.1. The Bertz CT molecular complexity index is 3450. The van der Waals surface area contributed by atoms with Gasteiger partial charge in [0.05, 0.1) is 22.1 Å². The highest BCUT2D eigenvalue weighted by molar-refractivity contribution is 6.21. The number of aromatic nitrogens is 2. The van der Waals surface area contributed by atoms with E-state index in [0.717, 1.165) is 11.4 Å². The van der Waals surface area contributed by atoms with Gasteiger partial charge < -0.3 is 4.57 Å². The Morgan fingerprint density at radius 2 is 0.931 bits per heavy atom. The van der Waals surface area contributed by atoms with Gasteiger partial charge in [0, 0.05) is 28.2 Å². The molecule has 0 aliphatic heterocycles. The van der Waals surface area contributed by atoms with Gasteiger partial charge in [0.15, 0.2) is 0 Å². The normalized spacial score (nSPS) is 15.0. The summed E-state index contributed by atoms with van der Waals surface area (Å²) < 4.78 is 2.45. The molecule has 2 heteroatoms. The maximum absolute atomic E-state index is 5.17. The summed E-state index contributed by atoms with van der Waals surface area (Å²) in [5, 5.41) is 7.55. The van der Waals surface area contributed by atoms with Gasteiger partial charge in [0.2, 0.25) is 0 Å². The number of hydrogen-bond acceptors (Lipinski definition) is 1. The smallest absolute Gasteiger partial charge is 0.0753 e. The van der Waals surface area contributed by atoms with Crippen molar-refractivity contribution in [2.24, 2.45) is 0 Å². The molecule has 58 heavy (non-hydrogen) atoms. The molecule has 11 aromatic rings. The lowest BCUT2D eigenvalue weighted by molar-refractivity contribution is 0.792. The lowest BCUT2D eigenvalue weighted by Gasteiger charge is -2.30. The topological polar surface area (TPSA) is 17.8 Å². The second-order valence-electron chi connectivity index (χ2n) is 15.8. The molecule has 1 unspecified atom stereocenters. The fourth-order valence-corrected chi connectivity index (χ4v) is 10.8. The summed E-state index contributed by atoms with van der Waals surface area (Å²) in [5.41, 5.74) is 18.0. The molecule has 1 atom stereocenters. The predicted molar refractivity (Wildman–Crippen MR) is 241 cm³/mol. The molecule has 0 bridgehead atoms. The number of nitrogens with zero attached hydrogens (tertiary/aromatic N) is 2. The average molecular weight is 735 g/mol. The van der Waals surface area contributed by atoms with Crippen LogP contribution >= 0.6 is 0 Å². The third-order valence-electron chi connectivity index (χ3n) is 13.0. The minimum absolute atomic E-state index is 0.567. The summed E-state index contributed by atoms with van der Waals surface area (Å²) in [6.45, 7) is 0. The quantitative estimate of drug-likeness (QED) is 0.165. The van der Waals surface area contributed by atoms with Gasteiger partial charge in [-0.1, -0.05) is 158 Å². The molecule has 0 saturated carbocycles. The number of rotatable bonds is 3. The highest BCUT2D eigenvalue weighted by Crippen LogP contribution is 2.63. The van der Waals surface area contributed by atoms with Crippen molar-refractivity contribution in [3.63, 3.8) is 0 Å². The first-order valence-electron chi connectivity index (χ1n) is 20.1. The Hall–Kier alpha value is -7.55.